The maximum Gasteiger partial charge on any atom is 0.162 e. The molecule has 0 aliphatic rings. The minimum Gasteiger partial charge on any atom is -0.354 e. The standard InChI is InChI=1S/C16H11F2NO/c1-9(20)15-13-8-12(18)6-7-14(13)19-16(15)10-2-4-11(17)5-3-10/h2-8,19H,1H3. The van der Waals surface area contributed by atoms with Crippen molar-refractivity contribution in [3.05, 3.63) is 59.7 Å². The Morgan fingerprint density at radius 3 is 2.30 bits per heavy atom. The zero-order chi connectivity index (χ0) is 14.3. The van der Waals surface area contributed by atoms with Gasteiger partial charge in [-0.1, -0.05) is 0 Å². The van der Waals surface area contributed by atoms with E-state index in [4.69, 9.17) is 0 Å². The monoisotopic (exact) mass is 271 g/mol. The van der Waals surface area contributed by atoms with Gasteiger partial charge < -0.3 is 4.98 Å². The average molecular weight is 271 g/mol. The van der Waals surface area contributed by atoms with E-state index in [0.29, 0.717) is 27.7 Å². The summed E-state index contributed by atoms with van der Waals surface area (Å²) in [5, 5.41) is 0.539. The quantitative estimate of drug-likeness (QED) is 0.692. The number of carbonyl (C=O) groups excluding carboxylic acids is 1. The highest BCUT2D eigenvalue weighted by Crippen LogP contribution is 2.31. The van der Waals surface area contributed by atoms with E-state index in [9.17, 15) is 13.6 Å². The van der Waals surface area contributed by atoms with Crippen LogP contribution in [0.25, 0.3) is 22.2 Å². The molecule has 1 aromatic heterocycles. The van der Waals surface area contributed by atoms with E-state index in [1.807, 2.05) is 0 Å². The maximum atomic E-state index is 13.4. The summed E-state index contributed by atoms with van der Waals surface area (Å²) in [5.41, 5.74) is 2.37. The van der Waals surface area contributed by atoms with Gasteiger partial charge in [-0.15, -0.1) is 0 Å². The third-order valence-electron chi connectivity index (χ3n) is 3.25. The molecule has 0 amide bonds. The van der Waals surface area contributed by atoms with Crippen molar-refractivity contribution in [1.82, 2.24) is 4.98 Å². The molecule has 20 heavy (non-hydrogen) atoms. The number of hydrogen-bond acceptors (Lipinski definition) is 1. The van der Waals surface area contributed by atoms with Gasteiger partial charge in [-0.05, 0) is 55.0 Å². The second kappa shape index (κ2) is 4.56. The van der Waals surface area contributed by atoms with Gasteiger partial charge in [0.15, 0.2) is 5.78 Å². The summed E-state index contributed by atoms with van der Waals surface area (Å²) in [5.74, 6) is -0.911. The fourth-order valence-corrected chi connectivity index (χ4v) is 2.36. The molecule has 0 aliphatic heterocycles. The first kappa shape index (κ1) is 12.5. The molecule has 100 valence electrons. The fourth-order valence-electron chi connectivity index (χ4n) is 2.36. The van der Waals surface area contributed by atoms with Crippen molar-refractivity contribution in [1.29, 1.82) is 0 Å². The Balaban J connectivity index is 2.32. The van der Waals surface area contributed by atoms with Crippen molar-refractivity contribution in [2.45, 2.75) is 6.92 Å². The predicted octanol–water partition coefficient (Wildman–Crippen LogP) is 4.32. The highest BCUT2D eigenvalue weighted by atomic mass is 19.1. The number of nitrogens with one attached hydrogen (secondary N) is 1. The highest BCUT2D eigenvalue weighted by molar-refractivity contribution is 6.12. The number of benzene rings is 2. The molecule has 0 saturated heterocycles. The Kier molecular flexibility index (Phi) is 2.86. The minimum absolute atomic E-state index is 0.166. The van der Waals surface area contributed by atoms with Crippen LogP contribution in [0.4, 0.5) is 8.78 Å². The lowest BCUT2D eigenvalue weighted by atomic mass is 10.0. The molecule has 0 atom stereocenters. The van der Waals surface area contributed by atoms with E-state index in [-0.39, 0.29) is 11.6 Å². The summed E-state index contributed by atoms with van der Waals surface area (Å²) in [7, 11) is 0. The van der Waals surface area contributed by atoms with Gasteiger partial charge in [-0.25, -0.2) is 8.78 Å². The number of carbonyl (C=O) groups is 1. The zero-order valence-electron chi connectivity index (χ0n) is 10.7. The van der Waals surface area contributed by atoms with Crippen molar-refractivity contribution >= 4 is 16.7 Å². The number of halogens is 2. The van der Waals surface area contributed by atoms with Gasteiger partial charge in [0.2, 0.25) is 0 Å². The van der Waals surface area contributed by atoms with Crippen molar-refractivity contribution < 1.29 is 13.6 Å². The lowest BCUT2D eigenvalue weighted by Gasteiger charge is -2.01. The predicted molar refractivity (Wildman–Crippen MR) is 73.7 cm³/mol. The lowest BCUT2D eigenvalue weighted by molar-refractivity contribution is 0.102. The second-order valence-corrected chi connectivity index (χ2v) is 4.63. The molecular weight excluding hydrogens is 260 g/mol. The third kappa shape index (κ3) is 1.99. The molecule has 1 heterocycles. The van der Waals surface area contributed by atoms with Crippen LogP contribution in [0.1, 0.15) is 17.3 Å². The molecular formula is C16H11F2NO. The summed E-state index contributed by atoms with van der Waals surface area (Å²) in [6.45, 7) is 1.43. The molecule has 2 nitrogen and oxygen atoms in total. The van der Waals surface area contributed by atoms with Gasteiger partial charge in [0.05, 0.1) is 11.3 Å². The maximum absolute atomic E-state index is 13.4. The topological polar surface area (TPSA) is 32.9 Å². The van der Waals surface area contributed by atoms with Gasteiger partial charge >= 0.3 is 0 Å². The Hall–Kier alpha value is -2.49. The number of aromatic amines is 1. The normalized spacial score (nSPS) is 10.9. The Morgan fingerprint density at radius 2 is 1.65 bits per heavy atom. The summed E-state index contributed by atoms with van der Waals surface area (Å²) in [6.07, 6.45) is 0. The zero-order valence-corrected chi connectivity index (χ0v) is 10.7. The van der Waals surface area contributed by atoms with Crippen LogP contribution in [-0.4, -0.2) is 10.8 Å². The number of rotatable bonds is 2. The van der Waals surface area contributed by atoms with E-state index >= 15 is 0 Å². The van der Waals surface area contributed by atoms with Gasteiger partial charge in [-0.3, -0.25) is 4.79 Å². The van der Waals surface area contributed by atoms with Crippen molar-refractivity contribution in [2.75, 3.05) is 0 Å². The molecule has 4 heteroatoms. The van der Waals surface area contributed by atoms with Gasteiger partial charge in [0.1, 0.15) is 11.6 Å². The van der Waals surface area contributed by atoms with E-state index in [0.717, 1.165) is 0 Å². The minimum atomic E-state index is -0.398. The first-order valence-corrected chi connectivity index (χ1v) is 6.14. The first-order chi connectivity index (χ1) is 9.56. The van der Waals surface area contributed by atoms with Gasteiger partial charge in [0, 0.05) is 10.9 Å². The van der Waals surface area contributed by atoms with Crippen LogP contribution < -0.4 is 0 Å². The molecule has 0 spiro atoms. The number of hydrogen-bond donors (Lipinski definition) is 1. The van der Waals surface area contributed by atoms with Crippen LogP contribution >= 0.6 is 0 Å². The van der Waals surface area contributed by atoms with E-state index in [1.165, 1.54) is 31.2 Å². The summed E-state index contributed by atoms with van der Waals surface area (Å²) < 4.78 is 26.4. The molecule has 0 saturated carbocycles. The Morgan fingerprint density at radius 1 is 1.00 bits per heavy atom. The van der Waals surface area contributed by atoms with Crippen LogP contribution in [0.3, 0.4) is 0 Å². The smallest absolute Gasteiger partial charge is 0.162 e. The van der Waals surface area contributed by atoms with E-state index in [2.05, 4.69) is 4.98 Å². The molecule has 0 bridgehead atoms. The van der Waals surface area contributed by atoms with E-state index in [1.54, 1.807) is 18.2 Å². The second-order valence-electron chi connectivity index (χ2n) is 4.63. The van der Waals surface area contributed by atoms with Crippen LogP contribution in [0.2, 0.25) is 0 Å². The van der Waals surface area contributed by atoms with Crippen molar-refractivity contribution in [3.8, 4) is 11.3 Å². The molecule has 1 N–H and O–H groups in total. The molecule has 2 aromatic carbocycles. The van der Waals surface area contributed by atoms with Gasteiger partial charge in [0.25, 0.3) is 0 Å². The van der Waals surface area contributed by atoms with Crippen molar-refractivity contribution in [2.24, 2.45) is 0 Å². The van der Waals surface area contributed by atoms with E-state index < -0.39 is 5.82 Å². The Bertz CT molecular complexity index is 803. The first-order valence-electron chi connectivity index (χ1n) is 6.14. The molecule has 3 rings (SSSR count). The lowest BCUT2D eigenvalue weighted by Crippen LogP contribution is -1.94. The van der Waals surface area contributed by atoms with Crippen LogP contribution in [0, 0.1) is 11.6 Å². The van der Waals surface area contributed by atoms with Crippen LogP contribution in [0.15, 0.2) is 42.5 Å². The number of fused-ring (bicyclic) bond motifs is 1. The average Bonchev–Trinajstić information content (AvgIpc) is 2.78. The number of ketones is 1. The van der Waals surface area contributed by atoms with Gasteiger partial charge in [-0.2, -0.15) is 0 Å². The molecule has 0 aliphatic carbocycles. The molecule has 0 unspecified atom stereocenters. The SMILES string of the molecule is CC(=O)c1c(-c2ccc(F)cc2)[nH]c2ccc(F)cc12. The number of H-pyrrole nitrogens is 1. The van der Waals surface area contributed by atoms with Crippen LogP contribution in [0.5, 0.6) is 0 Å². The number of Topliss-reactive ketones (excluding diaryl/α,β-unsaturated/α-hetero) is 1. The third-order valence-corrected chi connectivity index (χ3v) is 3.25. The highest BCUT2D eigenvalue weighted by Gasteiger charge is 2.17. The summed E-state index contributed by atoms with van der Waals surface area (Å²) in [4.78, 5) is 15.0. The fraction of sp³-hybridized carbons (Fsp3) is 0.0625. The molecule has 0 radical (unpaired) electrons. The molecule has 0 fully saturated rings. The largest absolute Gasteiger partial charge is 0.354 e. The van der Waals surface area contributed by atoms with Crippen LogP contribution in [-0.2, 0) is 0 Å². The Labute approximate surface area is 114 Å². The summed E-state index contributed by atoms with van der Waals surface area (Å²) >= 11 is 0. The summed E-state index contributed by atoms with van der Waals surface area (Å²) in [6, 6.07) is 10.1. The number of aromatic nitrogens is 1. The van der Waals surface area contributed by atoms with Crippen molar-refractivity contribution in [3.63, 3.8) is 0 Å². The molecule has 3 aromatic rings.